The van der Waals surface area contributed by atoms with Crippen molar-refractivity contribution in [1.29, 1.82) is 0 Å². The van der Waals surface area contributed by atoms with E-state index in [1.165, 1.54) is 0 Å². The molecule has 5 heteroatoms. The van der Waals surface area contributed by atoms with Gasteiger partial charge in [-0.2, -0.15) is 0 Å². The van der Waals surface area contributed by atoms with Crippen LogP contribution in [0.1, 0.15) is 16.1 Å². The zero-order valence-electron chi connectivity index (χ0n) is 12.0. The molecule has 5 nitrogen and oxygen atoms in total. The van der Waals surface area contributed by atoms with Gasteiger partial charge in [0.1, 0.15) is 0 Å². The van der Waals surface area contributed by atoms with Crippen molar-refractivity contribution in [2.45, 2.75) is 6.92 Å². The largest absolute Gasteiger partial charge is 0.336 e. The second-order valence-electron chi connectivity index (χ2n) is 5.10. The maximum absolute atomic E-state index is 12.5. The molecule has 0 atom stereocenters. The van der Waals surface area contributed by atoms with E-state index in [1.54, 1.807) is 6.20 Å². The van der Waals surface area contributed by atoms with Crippen LogP contribution in [-0.4, -0.2) is 47.0 Å². The minimum absolute atomic E-state index is 0.0219. The van der Waals surface area contributed by atoms with Gasteiger partial charge in [0.15, 0.2) is 5.82 Å². The summed E-state index contributed by atoms with van der Waals surface area (Å²) in [4.78, 5) is 23.2. The molecule has 1 fully saturated rings. The number of aryl methyl sites for hydroxylation is 1. The van der Waals surface area contributed by atoms with Gasteiger partial charge in [-0.05, 0) is 6.92 Å². The number of nitrogens with one attached hydrogen (secondary N) is 1. The lowest BCUT2D eigenvalue weighted by Gasteiger charge is -2.27. The molecule has 1 aliphatic heterocycles. The summed E-state index contributed by atoms with van der Waals surface area (Å²) >= 11 is 0. The van der Waals surface area contributed by atoms with Crippen molar-refractivity contribution in [2.75, 3.05) is 26.2 Å². The van der Waals surface area contributed by atoms with E-state index in [0.29, 0.717) is 11.4 Å². The smallest absolute Gasteiger partial charge is 0.257 e. The van der Waals surface area contributed by atoms with Crippen LogP contribution in [0.5, 0.6) is 0 Å². The molecule has 0 radical (unpaired) electrons. The number of nitrogens with zero attached hydrogens (tertiary/aromatic N) is 3. The van der Waals surface area contributed by atoms with Gasteiger partial charge in [-0.1, -0.05) is 30.3 Å². The van der Waals surface area contributed by atoms with Crippen LogP contribution in [0.3, 0.4) is 0 Å². The molecule has 2 heterocycles. The molecule has 2 aromatic rings. The van der Waals surface area contributed by atoms with Gasteiger partial charge in [-0.15, -0.1) is 0 Å². The molecular weight excluding hydrogens is 264 g/mol. The van der Waals surface area contributed by atoms with Gasteiger partial charge in [0, 0.05) is 37.9 Å². The van der Waals surface area contributed by atoms with Crippen molar-refractivity contribution in [1.82, 2.24) is 20.2 Å². The molecule has 1 N–H and O–H groups in total. The molecule has 21 heavy (non-hydrogen) atoms. The Morgan fingerprint density at radius 1 is 1.19 bits per heavy atom. The number of hydrogen-bond acceptors (Lipinski definition) is 4. The zero-order chi connectivity index (χ0) is 14.7. The summed E-state index contributed by atoms with van der Waals surface area (Å²) in [5, 5.41) is 3.24. The number of benzene rings is 1. The third-order valence-electron chi connectivity index (χ3n) is 3.65. The minimum Gasteiger partial charge on any atom is -0.336 e. The van der Waals surface area contributed by atoms with Crippen molar-refractivity contribution in [3.63, 3.8) is 0 Å². The van der Waals surface area contributed by atoms with E-state index in [9.17, 15) is 4.79 Å². The van der Waals surface area contributed by atoms with E-state index in [2.05, 4.69) is 15.3 Å². The summed E-state index contributed by atoms with van der Waals surface area (Å²) < 4.78 is 0. The summed E-state index contributed by atoms with van der Waals surface area (Å²) in [6.45, 7) is 5.02. The number of hydrogen-bond donors (Lipinski definition) is 1. The number of aromatic nitrogens is 2. The zero-order valence-corrected chi connectivity index (χ0v) is 12.0. The Hall–Kier alpha value is -2.27. The first kappa shape index (κ1) is 13.7. The van der Waals surface area contributed by atoms with Crippen molar-refractivity contribution in [3.8, 4) is 11.4 Å². The fourth-order valence-corrected chi connectivity index (χ4v) is 2.44. The highest BCUT2D eigenvalue weighted by Gasteiger charge is 2.20. The fraction of sp³-hybridized carbons (Fsp3) is 0.312. The number of rotatable bonds is 2. The Balaban J connectivity index is 1.86. The molecule has 0 bridgehead atoms. The van der Waals surface area contributed by atoms with Crippen molar-refractivity contribution >= 4 is 5.91 Å². The molecule has 3 rings (SSSR count). The van der Waals surface area contributed by atoms with Crippen LogP contribution in [0.25, 0.3) is 11.4 Å². The highest BCUT2D eigenvalue weighted by atomic mass is 16.2. The summed E-state index contributed by atoms with van der Waals surface area (Å²) in [5.74, 6) is 0.679. The Morgan fingerprint density at radius 2 is 1.90 bits per heavy atom. The van der Waals surface area contributed by atoms with Crippen LogP contribution in [0, 0.1) is 6.92 Å². The Morgan fingerprint density at radius 3 is 2.57 bits per heavy atom. The molecule has 1 aromatic heterocycles. The van der Waals surface area contributed by atoms with E-state index in [4.69, 9.17) is 0 Å². The van der Waals surface area contributed by atoms with E-state index < -0.39 is 0 Å². The van der Waals surface area contributed by atoms with E-state index >= 15 is 0 Å². The molecular formula is C16H18N4O. The van der Waals surface area contributed by atoms with Crippen molar-refractivity contribution in [2.24, 2.45) is 0 Å². The van der Waals surface area contributed by atoms with E-state index in [-0.39, 0.29) is 5.91 Å². The predicted octanol–water partition coefficient (Wildman–Crippen LogP) is 1.50. The highest BCUT2D eigenvalue weighted by molar-refractivity contribution is 5.95. The second-order valence-corrected chi connectivity index (χ2v) is 5.10. The molecule has 0 unspecified atom stereocenters. The predicted molar refractivity (Wildman–Crippen MR) is 81.0 cm³/mol. The summed E-state index contributed by atoms with van der Waals surface area (Å²) in [6.07, 6.45) is 1.65. The van der Waals surface area contributed by atoms with Crippen LogP contribution in [0.15, 0.2) is 36.5 Å². The standard InChI is InChI=1S/C16H18N4O/c1-12-14(16(21)20-9-7-17-8-10-20)11-18-15(19-12)13-5-3-2-4-6-13/h2-6,11,17H,7-10H2,1H3. The SMILES string of the molecule is Cc1nc(-c2ccccc2)ncc1C(=O)N1CCNCC1. The number of piperazine rings is 1. The summed E-state index contributed by atoms with van der Waals surface area (Å²) in [6, 6.07) is 9.79. The quantitative estimate of drug-likeness (QED) is 0.907. The summed E-state index contributed by atoms with van der Waals surface area (Å²) in [5.41, 5.74) is 2.28. The van der Waals surface area contributed by atoms with Crippen LogP contribution in [-0.2, 0) is 0 Å². The van der Waals surface area contributed by atoms with Crippen LogP contribution in [0.2, 0.25) is 0 Å². The Kier molecular flexibility index (Phi) is 3.92. The molecule has 0 spiro atoms. The number of amides is 1. The van der Waals surface area contributed by atoms with Crippen molar-refractivity contribution < 1.29 is 4.79 Å². The maximum Gasteiger partial charge on any atom is 0.257 e. The van der Waals surface area contributed by atoms with E-state index in [1.807, 2.05) is 42.2 Å². The first-order valence-corrected chi connectivity index (χ1v) is 7.15. The first-order valence-electron chi connectivity index (χ1n) is 7.15. The second kappa shape index (κ2) is 6.01. The topological polar surface area (TPSA) is 58.1 Å². The van der Waals surface area contributed by atoms with Gasteiger partial charge in [0.25, 0.3) is 5.91 Å². The lowest BCUT2D eigenvalue weighted by molar-refractivity contribution is 0.0734. The third kappa shape index (κ3) is 2.92. The van der Waals surface area contributed by atoms with Crippen LogP contribution < -0.4 is 5.32 Å². The lowest BCUT2D eigenvalue weighted by Crippen LogP contribution is -2.46. The average Bonchev–Trinajstić information content (AvgIpc) is 2.56. The normalized spacial score (nSPS) is 15.0. The molecule has 1 amide bonds. The molecule has 108 valence electrons. The van der Waals surface area contributed by atoms with Gasteiger partial charge >= 0.3 is 0 Å². The number of carbonyl (C=O) groups excluding carboxylic acids is 1. The molecule has 0 aliphatic carbocycles. The maximum atomic E-state index is 12.5. The average molecular weight is 282 g/mol. The third-order valence-corrected chi connectivity index (χ3v) is 3.65. The van der Waals surface area contributed by atoms with Gasteiger partial charge in [0.05, 0.1) is 11.3 Å². The molecule has 1 aliphatic rings. The number of carbonyl (C=O) groups is 1. The Labute approximate surface area is 124 Å². The Bertz CT molecular complexity index is 636. The van der Waals surface area contributed by atoms with Crippen molar-refractivity contribution in [3.05, 3.63) is 47.8 Å². The fourth-order valence-electron chi connectivity index (χ4n) is 2.44. The van der Waals surface area contributed by atoms with Gasteiger partial charge in [-0.25, -0.2) is 9.97 Å². The van der Waals surface area contributed by atoms with Gasteiger partial charge in [0.2, 0.25) is 0 Å². The minimum atomic E-state index is 0.0219. The van der Waals surface area contributed by atoms with Gasteiger partial charge < -0.3 is 10.2 Å². The first-order chi connectivity index (χ1) is 10.3. The summed E-state index contributed by atoms with van der Waals surface area (Å²) in [7, 11) is 0. The molecule has 1 saturated heterocycles. The van der Waals surface area contributed by atoms with Crippen LogP contribution in [0.4, 0.5) is 0 Å². The highest BCUT2D eigenvalue weighted by Crippen LogP contribution is 2.16. The monoisotopic (exact) mass is 282 g/mol. The van der Waals surface area contributed by atoms with Gasteiger partial charge in [-0.3, -0.25) is 4.79 Å². The lowest BCUT2D eigenvalue weighted by atomic mass is 10.1. The molecule has 0 saturated carbocycles. The van der Waals surface area contributed by atoms with Crippen LogP contribution >= 0.6 is 0 Å². The molecule has 1 aromatic carbocycles. The van der Waals surface area contributed by atoms with E-state index in [0.717, 1.165) is 37.4 Å².